The zero-order valence-corrected chi connectivity index (χ0v) is 17.3. The molecule has 1 saturated heterocycles. The standard InChI is InChI=1S/C21H26N4O3S/c1-23(29(27,28)16-9-19-5-3-2-4-6-19)18-21(26)25-14-12-24(13-15-25)17-20-7-10-22-11-8-20/h2-11,16H,12-15,17-18H2,1H3/b16-9+. The molecule has 154 valence electrons. The molecule has 0 saturated carbocycles. The SMILES string of the molecule is CN(CC(=O)N1CCN(Cc2ccncc2)CC1)S(=O)(=O)/C=C/c1ccccc1. The highest BCUT2D eigenvalue weighted by Gasteiger charge is 2.25. The second-order valence-corrected chi connectivity index (χ2v) is 8.95. The van der Waals surface area contributed by atoms with Crippen LogP contribution in [0.25, 0.3) is 6.08 Å². The van der Waals surface area contributed by atoms with Gasteiger partial charge in [-0.1, -0.05) is 30.3 Å². The Bertz CT molecular complexity index is 925. The average Bonchev–Trinajstić information content (AvgIpc) is 2.74. The van der Waals surface area contributed by atoms with E-state index in [1.165, 1.54) is 18.7 Å². The van der Waals surface area contributed by atoms with Crippen LogP contribution < -0.4 is 0 Å². The van der Waals surface area contributed by atoms with Crippen LogP contribution in [-0.2, 0) is 21.4 Å². The number of amides is 1. The van der Waals surface area contributed by atoms with Gasteiger partial charge >= 0.3 is 0 Å². The molecular weight excluding hydrogens is 388 g/mol. The number of rotatable bonds is 7. The van der Waals surface area contributed by atoms with Crippen LogP contribution in [0.5, 0.6) is 0 Å². The van der Waals surface area contributed by atoms with Gasteiger partial charge in [0.1, 0.15) is 0 Å². The van der Waals surface area contributed by atoms with Gasteiger partial charge in [0, 0.05) is 57.6 Å². The van der Waals surface area contributed by atoms with Crippen LogP contribution in [0, 0.1) is 0 Å². The predicted octanol–water partition coefficient (Wildman–Crippen LogP) is 1.66. The van der Waals surface area contributed by atoms with Gasteiger partial charge in [-0.2, -0.15) is 4.31 Å². The van der Waals surface area contributed by atoms with Crippen molar-refractivity contribution in [1.29, 1.82) is 0 Å². The third-order valence-electron chi connectivity index (χ3n) is 4.90. The van der Waals surface area contributed by atoms with Crippen LogP contribution in [0.3, 0.4) is 0 Å². The molecule has 1 amide bonds. The lowest BCUT2D eigenvalue weighted by Gasteiger charge is -2.35. The monoisotopic (exact) mass is 414 g/mol. The molecule has 7 nitrogen and oxygen atoms in total. The van der Waals surface area contributed by atoms with Gasteiger partial charge in [0.05, 0.1) is 6.54 Å². The molecule has 1 aliphatic heterocycles. The summed E-state index contributed by atoms with van der Waals surface area (Å²) in [6.07, 6.45) is 5.09. The first-order chi connectivity index (χ1) is 13.9. The zero-order valence-electron chi connectivity index (χ0n) is 16.5. The Kier molecular flexibility index (Phi) is 7.13. The fourth-order valence-electron chi connectivity index (χ4n) is 3.11. The number of nitrogens with zero attached hydrogens (tertiary/aromatic N) is 4. The molecule has 0 spiro atoms. The number of aromatic nitrogens is 1. The Balaban J connectivity index is 1.49. The van der Waals surface area contributed by atoms with E-state index in [0.29, 0.717) is 13.1 Å². The highest BCUT2D eigenvalue weighted by Crippen LogP contribution is 2.10. The summed E-state index contributed by atoms with van der Waals surface area (Å²) in [5.41, 5.74) is 1.98. The van der Waals surface area contributed by atoms with Crippen molar-refractivity contribution in [2.24, 2.45) is 0 Å². The third-order valence-corrected chi connectivity index (χ3v) is 6.38. The highest BCUT2D eigenvalue weighted by atomic mass is 32.2. The number of hydrogen-bond acceptors (Lipinski definition) is 5. The maximum Gasteiger partial charge on any atom is 0.237 e. The zero-order chi connectivity index (χ0) is 20.7. The summed E-state index contributed by atoms with van der Waals surface area (Å²) in [5.74, 6) is -0.173. The van der Waals surface area contributed by atoms with Crippen LogP contribution >= 0.6 is 0 Å². The van der Waals surface area contributed by atoms with Crippen molar-refractivity contribution in [1.82, 2.24) is 19.1 Å². The molecule has 1 fully saturated rings. The quantitative estimate of drug-likeness (QED) is 0.689. The number of benzene rings is 1. The van der Waals surface area contributed by atoms with Gasteiger partial charge in [0.2, 0.25) is 15.9 Å². The molecule has 0 unspecified atom stereocenters. The van der Waals surface area contributed by atoms with Gasteiger partial charge in [-0.15, -0.1) is 0 Å². The number of hydrogen-bond donors (Lipinski definition) is 0. The van der Waals surface area contributed by atoms with Crippen molar-refractivity contribution in [2.45, 2.75) is 6.54 Å². The molecule has 1 aromatic carbocycles. The normalized spacial score (nSPS) is 15.9. The molecule has 29 heavy (non-hydrogen) atoms. The molecule has 0 atom stereocenters. The van der Waals surface area contributed by atoms with Crippen LogP contribution in [0.4, 0.5) is 0 Å². The van der Waals surface area contributed by atoms with E-state index >= 15 is 0 Å². The Morgan fingerprint density at radius 1 is 1.07 bits per heavy atom. The molecule has 8 heteroatoms. The number of sulfonamides is 1. The predicted molar refractivity (Wildman–Crippen MR) is 113 cm³/mol. The van der Waals surface area contributed by atoms with Crippen LogP contribution in [-0.4, -0.2) is 73.2 Å². The van der Waals surface area contributed by atoms with Gasteiger partial charge < -0.3 is 4.90 Å². The van der Waals surface area contributed by atoms with Crippen LogP contribution in [0.15, 0.2) is 60.3 Å². The molecule has 1 aliphatic rings. The van der Waals surface area contributed by atoms with E-state index in [1.807, 2.05) is 42.5 Å². The maximum atomic E-state index is 12.6. The first-order valence-corrected chi connectivity index (χ1v) is 11.0. The number of carbonyl (C=O) groups excluding carboxylic acids is 1. The van der Waals surface area contributed by atoms with E-state index in [1.54, 1.807) is 17.3 Å². The summed E-state index contributed by atoms with van der Waals surface area (Å²) in [4.78, 5) is 20.6. The number of carbonyl (C=O) groups is 1. The third kappa shape index (κ3) is 6.22. The topological polar surface area (TPSA) is 73.8 Å². The van der Waals surface area contributed by atoms with E-state index in [9.17, 15) is 13.2 Å². The van der Waals surface area contributed by atoms with Gasteiger partial charge in [0.25, 0.3) is 0 Å². The minimum atomic E-state index is -3.65. The summed E-state index contributed by atoms with van der Waals surface area (Å²) >= 11 is 0. The smallest absolute Gasteiger partial charge is 0.237 e. The first kappa shape index (κ1) is 21.2. The second-order valence-electron chi connectivity index (χ2n) is 7.03. The molecule has 2 aromatic rings. The summed E-state index contributed by atoms with van der Waals surface area (Å²) in [6.45, 7) is 3.38. The molecule has 0 bridgehead atoms. The van der Waals surface area contributed by atoms with Gasteiger partial charge in [-0.25, -0.2) is 8.42 Å². The van der Waals surface area contributed by atoms with E-state index in [4.69, 9.17) is 0 Å². The lowest BCUT2D eigenvalue weighted by Crippen LogP contribution is -2.50. The molecule has 0 aliphatic carbocycles. The van der Waals surface area contributed by atoms with Crippen molar-refractivity contribution in [3.8, 4) is 0 Å². The number of likely N-dealkylation sites (N-methyl/N-ethyl adjacent to an activating group) is 1. The molecule has 3 rings (SSSR count). The number of piperazine rings is 1. The van der Waals surface area contributed by atoms with Crippen molar-refractivity contribution < 1.29 is 13.2 Å². The lowest BCUT2D eigenvalue weighted by molar-refractivity contribution is -0.133. The van der Waals surface area contributed by atoms with Gasteiger partial charge in [-0.05, 0) is 29.3 Å². The second kappa shape index (κ2) is 9.78. The summed E-state index contributed by atoms with van der Waals surface area (Å²) in [7, 11) is -2.22. The molecule has 0 radical (unpaired) electrons. The van der Waals surface area contributed by atoms with Crippen molar-refractivity contribution in [2.75, 3.05) is 39.8 Å². The van der Waals surface area contributed by atoms with Crippen LogP contribution in [0.1, 0.15) is 11.1 Å². The highest BCUT2D eigenvalue weighted by molar-refractivity contribution is 7.92. The lowest BCUT2D eigenvalue weighted by atomic mass is 10.2. The summed E-state index contributed by atoms with van der Waals surface area (Å²) in [5, 5.41) is 1.14. The van der Waals surface area contributed by atoms with E-state index in [2.05, 4.69) is 9.88 Å². The average molecular weight is 415 g/mol. The van der Waals surface area contributed by atoms with Gasteiger partial charge in [-0.3, -0.25) is 14.7 Å². The van der Waals surface area contributed by atoms with Crippen LogP contribution in [0.2, 0.25) is 0 Å². The maximum absolute atomic E-state index is 12.6. The van der Waals surface area contributed by atoms with E-state index in [0.717, 1.165) is 34.9 Å². The molecule has 2 heterocycles. The fourth-order valence-corrected chi connectivity index (χ4v) is 3.94. The Morgan fingerprint density at radius 2 is 1.72 bits per heavy atom. The Hall–Kier alpha value is -2.55. The van der Waals surface area contributed by atoms with Crippen molar-refractivity contribution in [3.63, 3.8) is 0 Å². The van der Waals surface area contributed by atoms with Crippen molar-refractivity contribution >= 4 is 22.0 Å². The Morgan fingerprint density at radius 3 is 2.38 bits per heavy atom. The summed E-state index contributed by atoms with van der Waals surface area (Å²) in [6, 6.07) is 13.2. The summed E-state index contributed by atoms with van der Waals surface area (Å²) < 4.78 is 26.0. The largest absolute Gasteiger partial charge is 0.339 e. The minimum absolute atomic E-state index is 0.161. The van der Waals surface area contributed by atoms with E-state index in [-0.39, 0.29) is 12.5 Å². The first-order valence-electron chi connectivity index (χ1n) is 9.52. The molecule has 1 aromatic heterocycles. The molecule has 0 N–H and O–H groups in total. The van der Waals surface area contributed by atoms with Crippen molar-refractivity contribution in [3.05, 3.63) is 71.4 Å². The fraction of sp³-hybridized carbons (Fsp3) is 0.333. The number of pyridine rings is 1. The minimum Gasteiger partial charge on any atom is -0.339 e. The van der Waals surface area contributed by atoms with E-state index < -0.39 is 10.0 Å². The Labute approximate surface area is 172 Å². The van der Waals surface area contributed by atoms with Gasteiger partial charge in [0.15, 0.2) is 0 Å². The molecular formula is C21H26N4O3S.